The summed E-state index contributed by atoms with van der Waals surface area (Å²) in [6.45, 7) is 4.60. The average molecular weight is 307 g/mol. The monoisotopic (exact) mass is 306 g/mol. The molecule has 0 unspecified atom stereocenters. The first kappa shape index (κ1) is 15.4. The van der Waals surface area contributed by atoms with E-state index in [1.54, 1.807) is 25.6 Å². The molecule has 0 amide bonds. The zero-order valence-corrected chi connectivity index (χ0v) is 13.1. The number of anilines is 1. The van der Waals surface area contributed by atoms with Crippen molar-refractivity contribution in [3.63, 3.8) is 0 Å². The van der Waals surface area contributed by atoms with Crippen LogP contribution in [0.1, 0.15) is 19.4 Å². The van der Waals surface area contributed by atoms with Gasteiger partial charge in [0.15, 0.2) is 11.5 Å². The van der Waals surface area contributed by atoms with Gasteiger partial charge in [-0.3, -0.25) is 4.98 Å². The molecule has 0 aliphatic heterocycles. The number of rotatable bonds is 6. The maximum atomic E-state index is 6.08. The third-order valence-corrected chi connectivity index (χ3v) is 3.17. The molecule has 4 nitrogen and oxygen atoms in total. The standard InChI is InChI=1S/C16H19ClN2O2/c1-11(2)21-15-5-4-12(8-16(15)20-3)9-19-14-10-18-7-6-13(14)17/h4-8,10-11,19H,9H2,1-3H3. The summed E-state index contributed by atoms with van der Waals surface area (Å²) in [4.78, 5) is 4.05. The van der Waals surface area contributed by atoms with Gasteiger partial charge in [0.2, 0.25) is 0 Å². The van der Waals surface area contributed by atoms with Crippen molar-refractivity contribution in [1.82, 2.24) is 4.98 Å². The molecule has 2 aromatic rings. The Hall–Kier alpha value is -1.94. The molecule has 0 bridgehead atoms. The van der Waals surface area contributed by atoms with E-state index >= 15 is 0 Å². The molecule has 0 atom stereocenters. The summed E-state index contributed by atoms with van der Waals surface area (Å²) in [6.07, 6.45) is 3.47. The van der Waals surface area contributed by atoms with Gasteiger partial charge in [0.05, 0.1) is 30.1 Å². The largest absolute Gasteiger partial charge is 0.493 e. The molecule has 1 aromatic carbocycles. The topological polar surface area (TPSA) is 43.4 Å². The van der Waals surface area contributed by atoms with Crippen molar-refractivity contribution in [3.8, 4) is 11.5 Å². The Morgan fingerprint density at radius 2 is 2.05 bits per heavy atom. The molecular weight excluding hydrogens is 288 g/mol. The SMILES string of the molecule is COc1cc(CNc2cnccc2Cl)ccc1OC(C)C. The third kappa shape index (κ3) is 4.26. The fourth-order valence-corrected chi connectivity index (χ4v) is 2.05. The zero-order valence-electron chi connectivity index (χ0n) is 12.4. The quantitative estimate of drug-likeness (QED) is 0.871. The van der Waals surface area contributed by atoms with Crippen LogP contribution < -0.4 is 14.8 Å². The molecule has 5 heteroatoms. The molecule has 0 saturated carbocycles. The molecule has 0 aliphatic carbocycles. The Labute approximate surface area is 130 Å². The molecule has 112 valence electrons. The van der Waals surface area contributed by atoms with Crippen LogP contribution in [0.2, 0.25) is 5.02 Å². The zero-order chi connectivity index (χ0) is 15.2. The van der Waals surface area contributed by atoms with E-state index in [1.807, 2.05) is 32.0 Å². The first-order chi connectivity index (χ1) is 10.1. The van der Waals surface area contributed by atoms with E-state index in [1.165, 1.54) is 0 Å². The van der Waals surface area contributed by atoms with E-state index in [0.717, 1.165) is 22.7 Å². The van der Waals surface area contributed by atoms with Gasteiger partial charge in [-0.15, -0.1) is 0 Å². The van der Waals surface area contributed by atoms with Gasteiger partial charge in [0, 0.05) is 12.7 Å². The van der Waals surface area contributed by atoms with Gasteiger partial charge in [0.25, 0.3) is 0 Å². The van der Waals surface area contributed by atoms with Gasteiger partial charge in [-0.1, -0.05) is 17.7 Å². The molecule has 1 N–H and O–H groups in total. The molecule has 0 spiro atoms. The Bertz CT molecular complexity index is 603. The second-order valence-electron chi connectivity index (χ2n) is 4.86. The number of pyridine rings is 1. The number of ether oxygens (including phenoxy) is 2. The molecule has 1 aromatic heterocycles. The summed E-state index contributed by atoms with van der Waals surface area (Å²) in [5, 5.41) is 3.90. The van der Waals surface area contributed by atoms with Crippen LogP contribution in [0, 0.1) is 0 Å². The molecule has 2 rings (SSSR count). The average Bonchev–Trinajstić information content (AvgIpc) is 2.47. The van der Waals surface area contributed by atoms with Gasteiger partial charge >= 0.3 is 0 Å². The van der Waals surface area contributed by atoms with Crippen LogP contribution in [0.5, 0.6) is 11.5 Å². The van der Waals surface area contributed by atoms with Crippen molar-refractivity contribution < 1.29 is 9.47 Å². The molecule has 1 heterocycles. The summed E-state index contributed by atoms with van der Waals surface area (Å²) < 4.78 is 11.1. The molecular formula is C16H19ClN2O2. The predicted octanol–water partition coefficient (Wildman–Crippen LogP) is 4.14. The molecule has 0 fully saturated rings. The highest BCUT2D eigenvalue weighted by Crippen LogP contribution is 2.29. The van der Waals surface area contributed by atoms with Crippen LogP contribution in [0.3, 0.4) is 0 Å². The van der Waals surface area contributed by atoms with Crippen molar-refractivity contribution in [1.29, 1.82) is 0 Å². The van der Waals surface area contributed by atoms with Crippen molar-refractivity contribution >= 4 is 17.3 Å². The van der Waals surface area contributed by atoms with Gasteiger partial charge in [-0.2, -0.15) is 0 Å². The predicted molar refractivity (Wildman–Crippen MR) is 85.3 cm³/mol. The number of methoxy groups -OCH3 is 1. The van der Waals surface area contributed by atoms with Gasteiger partial charge in [-0.05, 0) is 37.6 Å². The maximum absolute atomic E-state index is 6.08. The maximum Gasteiger partial charge on any atom is 0.161 e. The second-order valence-corrected chi connectivity index (χ2v) is 5.27. The highest BCUT2D eigenvalue weighted by molar-refractivity contribution is 6.33. The van der Waals surface area contributed by atoms with Crippen LogP contribution in [-0.4, -0.2) is 18.2 Å². The fraction of sp³-hybridized carbons (Fsp3) is 0.312. The summed E-state index contributed by atoms with van der Waals surface area (Å²) in [5.74, 6) is 1.47. The highest BCUT2D eigenvalue weighted by Gasteiger charge is 2.08. The van der Waals surface area contributed by atoms with Gasteiger partial charge in [0.1, 0.15) is 0 Å². The Balaban J connectivity index is 2.09. The second kappa shape index (κ2) is 7.18. The minimum Gasteiger partial charge on any atom is -0.493 e. The molecule has 21 heavy (non-hydrogen) atoms. The number of benzene rings is 1. The number of nitrogens with one attached hydrogen (secondary N) is 1. The third-order valence-electron chi connectivity index (χ3n) is 2.84. The lowest BCUT2D eigenvalue weighted by Gasteiger charge is -2.15. The lowest BCUT2D eigenvalue weighted by Crippen LogP contribution is -2.07. The summed E-state index contributed by atoms with van der Waals surface area (Å²) in [6, 6.07) is 7.62. The Morgan fingerprint density at radius 3 is 2.71 bits per heavy atom. The van der Waals surface area contributed by atoms with Crippen LogP contribution in [-0.2, 0) is 6.54 Å². The first-order valence-electron chi connectivity index (χ1n) is 6.77. The van der Waals surface area contributed by atoms with Crippen LogP contribution in [0.15, 0.2) is 36.7 Å². The smallest absolute Gasteiger partial charge is 0.161 e. The Kier molecular flexibility index (Phi) is 5.28. The van der Waals surface area contributed by atoms with E-state index < -0.39 is 0 Å². The molecule has 0 radical (unpaired) electrons. The van der Waals surface area contributed by atoms with E-state index in [9.17, 15) is 0 Å². The van der Waals surface area contributed by atoms with E-state index in [0.29, 0.717) is 11.6 Å². The summed E-state index contributed by atoms with van der Waals surface area (Å²) in [7, 11) is 1.64. The molecule has 0 saturated heterocycles. The first-order valence-corrected chi connectivity index (χ1v) is 7.15. The number of nitrogens with zero attached hydrogens (tertiary/aromatic N) is 1. The number of hydrogen-bond donors (Lipinski definition) is 1. The fourth-order valence-electron chi connectivity index (χ4n) is 1.88. The normalized spacial score (nSPS) is 10.5. The number of halogens is 1. The van der Waals surface area contributed by atoms with Crippen LogP contribution in [0.4, 0.5) is 5.69 Å². The van der Waals surface area contributed by atoms with Crippen molar-refractivity contribution in [3.05, 3.63) is 47.2 Å². The van der Waals surface area contributed by atoms with Crippen LogP contribution >= 0.6 is 11.6 Å². The lowest BCUT2D eigenvalue weighted by molar-refractivity contribution is 0.230. The van der Waals surface area contributed by atoms with E-state index in [2.05, 4.69) is 10.3 Å². The van der Waals surface area contributed by atoms with Crippen molar-refractivity contribution in [2.75, 3.05) is 12.4 Å². The van der Waals surface area contributed by atoms with E-state index in [4.69, 9.17) is 21.1 Å². The lowest BCUT2D eigenvalue weighted by atomic mass is 10.2. The Morgan fingerprint density at radius 1 is 1.24 bits per heavy atom. The minimum absolute atomic E-state index is 0.108. The van der Waals surface area contributed by atoms with Gasteiger partial charge < -0.3 is 14.8 Å². The summed E-state index contributed by atoms with van der Waals surface area (Å²) >= 11 is 6.08. The van der Waals surface area contributed by atoms with Gasteiger partial charge in [-0.25, -0.2) is 0 Å². The van der Waals surface area contributed by atoms with E-state index in [-0.39, 0.29) is 6.10 Å². The highest BCUT2D eigenvalue weighted by atomic mass is 35.5. The van der Waals surface area contributed by atoms with Crippen molar-refractivity contribution in [2.24, 2.45) is 0 Å². The molecule has 0 aliphatic rings. The van der Waals surface area contributed by atoms with Crippen LogP contribution in [0.25, 0.3) is 0 Å². The van der Waals surface area contributed by atoms with Crippen molar-refractivity contribution in [2.45, 2.75) is 26.5 Å². The number of aromatic nitrogens is 1. The summed E-state index contributed by atoms with van der Waals surface area (Å²) in [5.41, 5.74) is 1.88. The number of hydrogen-bond acceptors (Lipinski definition) is 4. The minimum atomic E-state index is 0.108.